The number of likely N-dealkylation sites (tertiary alicyclic amines) is 1. The van der Waals surface area contributed by atoms with Crippen LogP contribution < -0.4 is 5.32 Å². The van der Waals surface area contributed by atoms with Crippen LogP contribution >= 0.6 is 23.2 Å². The van der Waals surface area contributed by atoms with Gasteiger partial charge in [-0.05, 0) is 44.0 Å². The summed E-state index contributed by atoms with van der Waals surface area (Å²) in [6.07, 6.45) is 1.96. The molecule has 1 N–H and O–H groups in total. The van der Waals surface area contributed by atoms with Gasteiger partial charge in [-0.1, -0.05) is 29.3 Å². The molecule has 3 nitrogen and oxygen atoms in total. The molecule has 5 heteroatoms. The van der Waals surface area contributed by atoms with Crippen LogP contribution in [0.1, 0.15) is 25.3 Å². The Morgan fingerprint density at radius 3 is 2.95 bits per heavy atom. The highest BCUT2D eigenvalue weighted by molar-refractivity contribution is 6.35. The van der Waals surface area contributed by atoms with Crippen LogP contribution in [-0.2, 0) is 11.3 Å². The van der Waals surface area contributed by atoms with Crippen molar-refractivity contribution in [3.63, 3.8) is 0 Å². The Morgan fingerprint density at radius 2 is 2.26 bits per heavy atom. The zero-order valence-electron chi connectivity index (χ0n) is 11.0. The average molecular weight is 301 g/mol. The van der Waals surface area contributed by atoms with Crippen LogP contribution in [0.15, 0.2) is 18.2 Å². The fourth-order valence-corrected chi connectivity index (χ4v) is 2.94. The Morgan fingerprint density at radius 1 is 1.47 bits per heavy atom. The molecule has 0 radical (unpaired) electrons. The van der Waals surface area contributed by atoms with Gasteiger partial charge in [0.15, 0.2) is 0 Å². The van der Waals surface area contributed by atoms with Crippen LogP contribution in [0.3, 0.4) is 0 Å². The number of nitrogens with one attached hydrogen (secondary N) is 1. The maximum absolute atomic E-state index is 12.0. The monoisotopic (exact) mass is 300 g/mol. The first-order chi connectivity index (χ1) is 9.11. The lowest BCUT2D eigenvalue weighted by atomic mass is 10.1. The molecule has 1 atom stereocenters. The van der Waals surface area contributed by atoms with Gasteiger partial charge in [-0.15, -0.1) is 0 Å². The molecule has 0 spiro atoms. The fourth-order valence-electron chi connectivity index (χ4n) is 2.47. The zero-order chi connectivity index (χ0) is 13.8. The molecule has 19 heavy (non-hydrogen) atoms. The second kappa shape index (κ2) is 6.60. The van der Waals surface area contributed by atoms with Gasteiger partial charge in [0.05, 0.1) is 6.04 Å². The number of halogens is 2. The van der Waals surface area contributed by atoms with Crippen LogP contribution in [0.4, 0.5) is 0 Å². The first-order valence-electron chi connectivity index (χ1n) is 6.57. The van der Waals surface area contributed by atoms with Crippen molar-refractivity contribution in [2.45, 2.75) is 32.4 Å². The molecular formula is C14H18Cl2N2O. The highest BCUT2D eigenvalue weighted by Gasteiger charge is 2.30. The van der Waals surface area contributed by atoms with Crippen LogP contribution in [0, 0.1) is 0 Å². The predicted octanol–water partition coefficient (Wildman–Crippen LogP) is 3.09. The van der Waals surface area contributed by atoms with E-state index in [4.69, 9.17) is 23.2 Å². The van der Waals surface area contributed by atoms with Crippen molar-refractivity contribution < 1.29 is 4.79 Å². The summed E-state index contributed by atoms with van der Waals surface area (Å²) in [5, 5.41) is 4.19. The Hall–Kier alpha value is -0.770. The van der Waals surface area contributed by atoms with Crippen molar-refractivity contribution in [2.24, 2.45) is 0 Å². The normalized spacial score (nSPS) is 19.6. The lowest BCUT2D eigenvalue weighted by Crippen LogP contribution is -2.42. The topological polar surface area (TPSA) is 32.3 Å². The molecule has 1 aromatic rings. The molecule has 0 saturated carbocycles. The standard InChI is InChI=1S/C14H18Cl2N2O/c1-2-17-14(19)13-4-3-7-18(13)9-10-5-6-11(15)8-12(10)16/h5-6,8,13H,2-4,7,9H2,1H3,(H,17,19)/t13-/m0/s1. The number of carbonyl (C=O) groups is 1. The van der Waals surface area contributed by atoms with Gasteiger partial charge in [-0.25, -0.2) is 0 Å². The second-order valence-electron chi connectivity index (χ2n) is 4.76. The van der Waals surface area contributed by atoms with Crippen molar-refractivity contribution in [3.8, 4) is 0 Å². The summed E-state index contributed by atoms with van der Waals surface area (Å²) in [7, 11) is 0. The quantitative estimate of drug-likeness (QED) is 0.927. The summed E-state index contributed by atoms with van der Waals surface area (Å²) in [5.41, 5.74) is 1.02. The third-order valence-corrected chi connectivity index (χ3v) is 3.99. The summed E-state index contributed by atoms with van der Waals surface area (Å²) < 4.78 is 0. The van der Waals surface area contributed by atoms with Crippen LogP contribution in [0.2, 0.25) is 10.0 Å². The highest BCUT2D eigenvalue weighted by Crippen LogP contribution is 2.26. The summed E-state index contributed by atoms with van der Waals surface area (Å²) in [6, 6.07) is 5.47. The van der Waals surface area contributed by atoms with Gasteiger partial charge in [0, 0.05) is 23.1 Å². The van der Waals surface area contributed by atoms with E-state index in [9.17, 15) is 4.79 Å². The molecule has 0 unspecified atom stereocenters. The Bertz CT molecular complexity index is 465. The van der Waals surface area contributed by atoms with E-state index in [1.807, 2.05) is 19.1 Å². The minimum Gasteiger partial charge on any atom is -0.355 e. The van der Waals surface area contributed by atoms with E-state index >= 15 is 0 Å². The van der Waals surface area contributed by atoms with Gasteiger partial charge in [0.1, 0.15) is 0 Å². The van der Waals surface area contributed by atoms with Crippen molar-refractivity contribution in [1.29, 1.82) is 0 Å². The van der Waals surface area contributed by atoms with Crippen molar-refractivity contribution in [1.82, 2.24) is 10.2 Å². The number of likely N-dealkylation sites (N-methyl/N-ethyl adjacent to an activating group) is 1. The molecule has 2 rings (SSSR count). The van der Waals surface area contributed by atoms with E-state index < -0.39 is 0 Å². The fraction of sp³-hybridized carbons (Fsp3) is 0.500. The molecule has 0 aliphatic carbocycles. The van der Waals surface area contributed by atoms with Gasteiger partial charge in [-0.2, -0.15) is 0 Å². The maximum atomic E-state index is 12.0. The molecule has 0 bridgehead atoms. The molecule has 1 aromatic carbocycles. The largest absolute Gasteiger partial charge is 0.355 e. The molecule has 1 fully saturated rings. The average Bonchev–Trinajstić information content (AvgIpc) is 2.81. The number of benzene rings is 1. The Balaban J connectivity index is 2.07. The third kappa shape index (κ3) is 3.62. The van der Waals surface area contributed by atoms with Crippen molar-refractivity contribution in [3.05, 3.63) is 33.8 Å². The first-order valence-corrected chi connectivity index (χ1v) is 7.33. The van der Waals surface area contributed by atoms with Crippen molar-refractivity contribution in [2.75, 3.05) is 13.1 Å². The Kier molecular flexibility index (Phi) is 5.08. The van der Waals surface area contributed by atoms with E-state index in [1.54, 1.807) is 6.07 Å². The highest BCUT2D eigenvalue weighted by atomic mass is 35.5. The molecule has 1 heterocycles. The summed E-state index contributed by atoms with van der Waals surface area (Å²) in [6.45, 7) is 4.23. The summed E-state index contributed by atoms with van der Waals surface area (Å²) >= 11 is 12.1. The van der Waals surface area contributed by atoms with Gasteiger partial charge < -0.3 is 5.32 Å². The summed E-state index contributed by atoms with van der Waals surface area (Å²) in [4.78, 5) is 14.2. The minimum absolute atomic E-state index is 0.0355. The lowest BCUT2D eigenvalue weighted by molar-refractivity contribution is -0.125. The van der Waals surface area contributed by atoms with E-state index in [0.717, 1.165) is 24.9 Å². The van der Waals surface area contributed by atoms with Gasteiger partial charge >= 0.3 is 0 Å². The molecule has 1 amide bonds. The van der Waals surface area contributed by atoms with Crippen LogP contribution in [0.25, 0.3) is 0 Å². The summed E-state index contributed by atoms with van der Waals surface area (Å²) in [5.74, 6) is 0.116. The molecule has 104 valence electrons. The van der Waals surface area contributed by atoms with Gasteiger partial charge in [0.2, 0.25) is 5.91 Å². The smallest absolute Gasteiger partial charge is 0.237 e. The number of hydrogen-bond acceptors (Lipinski definition) is 2. The third-order valence-electron chi connectivity index (χ3n) is 3.41. The minimum atomic E-state index is -0.0355. The van der Waals surface area contributed by atoms with E-state index in [0.29, 0.717) is 23.1 Å². The SMILES string of the molecule is CCNC(=O)[C@@H]1CCCN1Cc1ccc(Cl)cc1Cl. The van der Waals surface area contributed by atoms with Crippen LogP contribution in [-0.4, -0.2) is 29.9 Å². The molecule has 1 aliphatic heterocycles. The number of amides is 1. The number of nitrogens with zero attached hydrogens (tertiary/aromatic N) is 1. The van der Waals surface area contributed by atoms with E-state index in [1.165, 1.54) is 0 Å². The van der Waals surface area contributed by atoms with E-state index in [-0.39, 0.29) is 11.9 Å². The Labute approximate surface area is 123 Å². The first kappa shape index (κ1) is 14.6. The van der Waals surface area contributed by atoms with Crippen molar-refractivity contribution >= 4 is 29.1 Å². The lowest BCUT2D eigenvalue weighted by Gasteiger charge is -2.24. The van der Waals surface area contributed by atoms with Gasteiger partial charge in [-0.3, -0.25) is 9.69 Å². The molecule has 1 saturated heterocycles. The van der Waals surface area contributed by atoms with Crippen LogP contribution in [0.5, 0.6) is 0 Å². The van der Waals surface area contributed by atoms with Gasteiger partial charge in [0.25, 0.3) is 0 Å². The second-order valence-corrected chi connectivity index (χ2v) is 5.60. The van der Waals surface area contributed by atoms with E-state index in [2.05, 4.69) is 10.2 Å². The maximum Gasteiger partial charge on any atom is 0.237 e. The number of carbonyl (C=O) groups excluding carboxylic acids is 1. The molecular weight excluding hydrogens is 283 g/mol. The zero-order valence-corrected chi connectivity index (χ0v) is 12.5. The number of hydrogen-bond donors (Lipinski definition) is 1. The number of rotatable bonds is 4. The molecule has 1 aliphatic rings. The predicted molar refractivity (Wildman–Crippen MR) is 78.6 cm³/mol. The molecule has 0 aromatic heterocycles.